The van der Waals surface area contributed by atoms with Crippen molar-refractivity contribution in [1.82, 2.24) is 15.0 Å². The number of aliphatic imine (C=N–C) groups is 1. The van der Waals surface area contributed by atoms with Crippen LogP contribution in [-0.2, 0) is 0 Å². The van der Waals surface area contributed by atoms with Gasteiger partial charge in [-0.15, -0.1) is 23.5 Å². The van der Waals surface area contributed by atoms with E-state index in [1.807, 2.05) is 30.7 Å². The molecule has 0 unspecified atom stereocenters. The minimum absolute atomic E-state index is 0.489. The summed E-state index contributed by atoms with van der Waals surface area (Å²) in [4.78, 5) is 17.0. The number of thioether (sulfide) groups is 2. The minimum atomic E-state index is 0.489. The lowest BCUT2D eigenvalue weighted by atomic mass is 10.2. The molecule has 4 nitrogen and oxygen atoms in total. The maximum Gasteiger partial charge on any atom is 0.251 e. The highest BCUT2D eigenvalue weighted by atomic mass is 32.2. The molecule has 2 aromatic heterocycles. The Hall–Kier alpha value is -1.40. The molecule has 0 aromatic carbocycles. The summed E-state index contributed by atoms with van der Waals surface area (Å²) in [6.07, 6.45) is 9.19. The highest BCUT2D eigenvalue weighted by Gasteiger charge is 2.02. The summed E-state index contributed by atoms with van der Waals surface area (Å²) in [6.45, 7) is 0. The molecule has 0 N–H and O–H groups in total. The second-order valence-electron chi connectivity index (χ2n) is 3.26. The summed E-state index contributed by atoms with van der Waals surface area (Å²) in [6, 6.07) is 5.70. The van der Waals surface area contributed by atoms with Crippen molar-refractivity contribution in [2.24, 2.45) is 4.99 Å². The third kappa shape index (κ3) is 3.30. The number of rotatable bonds is 2. The van der Waals surface area contributed by atoms with Gasteiger partial charge in [0.1, 0.15) is 4.38 Å². The van der Waals surface area contributed by atoms with Crippen LogP contribution in [-0.4, -0.2) is 31.8 Å². The van der Waals surface area contributed by atoms with Gasteiger partial charge in [-0.05, 0) is 30.7 Å². The van der Waals surface area contributed by atoms with E-state index in [-0.39, 0.29) is 0 Å². The van der Waals surface area contributed by atoms with E-state index in [1.54, 1.807) is 42.1 Å². The Bertz CT molecular complexity index is 537. The number of pyridine rings is 1. The first-order valence-corrected chi connectivity index (χ1v) is 7.68. The van der Waals surface area contributed by atoms with Crippen molar-refractivity contribution in [2.75, 3.05) is 12.5 Å². The second kappa shape index (κ2) is 6.51. The second-order valence-corrected chi connectivity index (χ2v) is 5.11. The van der Waals surface area contributed by atoms with E-state index in [0.29, 0.717) is 5.95 Å². The molecule has 0 fully saturated rings. The van der Waals surface area contributed by atoms with Gasteiger partial charge >= 0.3 is 0 Å². The van der Waals surface area contributed by atoms with Crippen LogP contribution in [0.5, 0.6) is 0 Å². The van der Waals surface area contributed by atoms with Gasteiger partial charge < -0.3 is 0 Å². The fourth-order valence-corrected chi connectivity index (χ4v) is 2.35. The predicted molar refractivity (Wildman–Crippen MR) is 79.4 cm³/mol. The number of hydrogen-bond donors (Lipinski definition) is 0. The maximum atomic E-state index is 4.43. The molecular formula is C12H12N4S2. The molecule has 0 aliphatic heterocycles. The lowest BCUT2D eigenvalue weighted by molar-refractivity contribution is 1.14. The smallest absolute Gasteiger partial charge is 0.251 e. The van der Waals surface area contributed by atoms with Gasteiger partial charge in [-0.2, -0.15) is 4.99 Å². The van der Waals surface area contributed by atoms with Gasteiger partial charge in [-0.25, -0.2) is 9.97 Å². The highest BCUT2D eigenvalue weighted by molar-refractivity contribution is 8.38. The lowest BCUT2D eigenvalue weighted by Crippen LogP contribution is -1.89. The molecule has 0 spiro atoms. The number of aromatic nitrogens is 3. The summed E-state index contributed by atoms with van der Waals surface area (Å²) in [5.41, 5.74) is 1.87. The van der Waals surface area contributed by atoms with Crippen LogP contribution in [0.4, 0.5) is 5.95 Å². The van der Waals surface area contributed by atoms with Crippen molar-refractivity contribution in [2.45, 2.75) is 0 Å². The van der Waals surface area contributed by atoms with Crippen molar-refractivity contribution < 1.29 is 0 Å². The van der Waals surface area contributed by atoms with Crippen molar-refractivity contribution in [3.8, 4) is 11.3 Å². The first-order chi connectivity index (χ1) is 8.83. The van der Waals surface area contributed by atoms with E-state index < -0.39 is 0 Å². The molecule has 0 aliphatic carbocycles. The lowest BCUT2D eigenvalue weighted by Gasteiger charge is -2.01. The van der Waals surface area contributed by atoms with E-state index in [1.165, 1.54) is 0 Å². The number of nitrogens with zero attached hydrogens (tertiary/aromatic N) is 4. The Balaban J connectivity index is 2.34. The Labute approximate surface area is 114 Å². The van der Waals surface area contributed by atoms with Crippen LogP contribution in [0.2, 0.25) is 0 Å². The van der Waals surface area contributed by atoms with Gasteiger partial charge in [0.15, 0.2) is 0 Å². The van der Waals surface area contributed by atoms with Crippen molar-refractivity contribution in [1.29, 1.82) is 0 Å². The maximum absolute atomic E-state index is 4.43. The average molecular weight is 276 g/mol. The molecule has 2 aromatic rings. The van der Waals surface area contributed by atoms with Gasteiger partial charge in [0.2, 0.25) is 0 Å². The van der Waals surface area contributed by atoms with E-state index in [2.05, 4.69) is 19.9 Å². The zero-order valence-corrected chi connectivity index (χ0v) is 11.7. The molecule has 0 atom stereocenters. The zero-order valence-electron chi connectivity index (χ0n) is 10.1. The van der Waals surface area contributed by atoms with Crippen LogP contribution in [0.25, 0.3) is 11.3 Å². The third-order valence-corrected chi connectivity index (χ3v) is 4.04. The van der Waals surface area contributed by atoms with E-state index >= 15 is 0 Å². The van der Waals surface area contributed by atoms with E-state index in [4.69, 9.17) is 0 Å². The Morgan fingerprint density at radius 3 is 2.44 bits per heavy atom. The fourth-order valence-electron chi connectivity index (χ4n) is 1.34. The molecule has 0 radical (unpaired) electrons. The van der Waals surface area contributed by atoms with Crippen LogP contribution in [0.15, 0.2) is 41.8 Å². The Morgan fingerprint density at radius 1 is 1.06 bits per heavy atom. The molecule has 2 heterocycles. The molecule has 0 amide bonds. The van der Waals surface area contributed by atoms with Crippen molar-refractivity contribution >= 4 is 33.8 Å². The quantitative estimate of drug-likeness (QED) is 0.622. The van der Waals surface area contributed by atoms with E-state index in [9.17, 15) is 0 Å². The molecule has 0 saturated heterocycles. The van der Waals surface area contributed by atoms with Crippen LogP contribution in [0, 0.1) is 0 Å². The van der Waals surface area contributed by atoms with E-state index in [0.717, 1.165) is 15.6 Å². The molecular weight excluding hydrogens is 264 g/mol. The highest BCUT2D eigenvalue weighted by Crippen LogP contribution is 2.20. The van der Waals surface area contributed by atoms with Crippen molar-refractivity contribution in [3.63, 3.8) is 0 Å². The fraction of sp³-hybridized carbons (Fsp3) is 0.167. The van der Waals surface area contributed by atoms with Crippen LogP contribution >= 0.6 is 23.5 Å². The first-order valence-electron chi connectivity index (χ1n) is 5.23. The van der Waals surface area contributed by atoms with Gasteiger partial charge in [-0.3, -0.25) is 4.98 Å². The van der Waals surface area contributed by atoms with Gasteiger partial charge in [0, 0.05) is 24.2 Å². The minimum Gasteiger partial charge on any atom is -0.265 e. The van der Waals surface area contributed by atoms with Crippen LogP contribution in [0.1, 0.15) is 0 Å². The first kappa shape index (κ1) is 13.0. The molecule has 0 bridgehead atoms. The monoisotopic (exact) mass is 276 g/mol. The summed E-state index contributed by atoms with van der Waals surface area (Å²) in [7, 11) is 0. The molecule has 6 heteroatoms. The van der Waals surface area contributed by atoms with Crippen molar-refractivity contribution in [3.05, 3.63) is 36.8 Å². The summed E-state index contributed by atoms with van der Waals surface area (Å²) >= 11 is 3.18. The van der Waals surface area contributed by atoms with Gasteiger partial charge in [0.05, 0.1) is 5.69 Å². The summed E-state index contributed by atoms with van der Waals surface area (Å²) in [5, 5.41) is 0. The molecule has 0 saturated carbocycles. The van der Waals surface area contributed by atoms with Crippen LogP contribution < -0.4 is 0 Å². The van der Waals surface area contributed by atoms with Crippen LogP contribution in [0.3, 0.4) is 0 Å². The topological polar surface area (TPSA) is 51.0 Å². The Kier molecular flexibility index (Phi) is 4.72. The number of hydrogen-bond acceptors (Lipinski definition) is 6. The Morgan fingerprint density at radius 2 is 1.78 bits per heavy atom. The molecule has 92 valence electrons. The predicted octanol–water partition coefficient (Wildman–Crippen LogP) is 3.25. The molecule has 0 aliphatic rings. The summed E-state index contributed by atoms with van der Waals surface area (Å²) < 4.78 is 0.946. The standard InChI is InChI=1S/C12H12N4S2/c1-17-12(18-2)16-11-14-8-5-10(15-11)9-3-6-13-7-4-9/h3-8H,1-2H3. The average Bonchev–Trinajstić information content (AvgIpc) is 2.46. The van der Waals surface area contributed by atoms with Gasteiger partial charge in [-0.1, -0.05) is 0 Å². The normalized spacial score (nSPS) is 10.1. The largest absolute Gasteiger partial charge is 0.265 e. The summed E-state index contributed by atoms with van der Waals surface area (Å²) in [5.74, 6) is 0.489. The zero-order chi connectivity index (χ0) is 12.8. The molecule has 2 rings (SSSR count). The van der Waals surface area contributed by atoms with Gasteiger partial charge in [0.25, 0.3) is 5.95 Å². The molecule has 18 heavy (non-hydrogen) atoms. The SMILES string of the molecule is CSC(=Nc1nccc(-c2ccncc2)n1)SC. The third-order valence-electron chi connectivity index (χ3n) is 2.16.